The Morgan fingerprint density at radius 2 is 2.20 bits per heavy atom. The molecule has 5 nitrogen and oxygen atoms in total. The van der Waals surface area contributed by atoms with Crippen LogP contribution in [-0.2, 0) is 16.1 Å². The summed E-state index contributed by atoms with van der Waals surface area (Å²) in [5, 5.41) is 0. The molecule has 0 atom stereocenters. The Kier molecular flexibility index (Phi) is 4.51. The molecule has 0 unspecified atom stereocenters. The van der Waals surface area contributed by atoms with Gasteiger partial charge in [0.15, 0.2) is 0 Å². The molecule has 2 aromatic rings. The number of benzene rings is 1. The summed E-state index contributed by atoms with van der Waals surface area (Å²) in [4.78, 5) is 15.8. The summed E-state index contributed by atoms with van der Waals surface area (Å²) in [6, 6.07) is 4.29. The maximum absolute atomic E-state index is 13.2. The zero-order valence-corrected chi connectivity index (χ0v) is 12.4. The number of aromatic nitrogens is 1. The van der Waals surface area contributed by atoms with E-state index in [2.05, 4.69) is 25.7 Å². The molecule has 0 aliphatic heterocycles. The number of nitrogens with zero attached hydrogens (tertiary/aromatic N) is 1. The van der Waals surface area contributed by atoms with Gasteiger partial charge in [-0.2, -0.15) is 0 Å². The normalized spacial score (nSPS) is 10.6. The van der Waals surface area contributed by atoms with Crippen LogP contribution < -0.4 is 0 Å². The van der Waals surface area contributed by atoms with Crippen LogP contribution in [0, 0.1) is 5.82 Å². The van der Waals surface area contributed by atoms with Gasteiger partial charge in [-0.15, -0.1) is 0 Å². The van der Waals surface area contributed by atoms with Crippen LogP contribution in [0.2, 0.25) is 0 Å². The average molecular weight is 344 g/mol. The highest BCUT2D eigenvalue weighted by molar-refractivity contribution is 9.10. The van der Waals surface area contributed by atoms with Crippen molar-refractivity contribution in [2.24, 2.45) is 0 Å². The summed E-state index contributed by atoms with van der Waals surface area (Å²) in [5.74, 6) is -0.870. The zero-order valence-electron chi connectivity index (χ0n) is 10.8. The lowest BCUT2D eigenvalue weighted by Crippen LogP contribution is -2.04. The molecule has 0 spiro atoms. The van der Waals surface area contributed by atoms with Gasteiger partial charge < -0.3 is 13.9 Å². The van der Waals surface area contributed by atoms with E-state index in [0.717, 1.165) is 0 Å². The lowest BCUT2D eigenvalue weighted by atomic mass is 10.2. The molecule has 0 bridgehead atoms. The zero-order chi connectivity index (χ0) is 14.7. The van der Waals surface area contributed by atoms with Crippen LogP contribution >= 0.6 is 15.9 Å². The minimum atomic E-state index is -0.642. The third-order valence-electron chi connectivity index (χ3n) is 2.52. The SMILES string of the molecule is COCc1nc(-c2ccc(F)c(Br)c2)oc1C(=O)OC. The first-order valence-corrected chi connectivity index (χ1v) is 6.38. The largest absolute Gasteiger partial charge is 0.463 e. The van der Waals surface area contributed by atoms with Crippen LogP contribution in [-0.4, -0.2) is 25.2 Å². The molecule has 0 aliphatic carbocycles. The Bertz CT molecular complexity index is 641. The summed E-state index contributed by atoms with van der Waals surface area (Å²) in [5.41, 5.74) is 0.862. The number of hydrogen-bond acceptors (Lipinski definition) is 5. The van der Waals surface area contributed by atoms with E-state index in [4.69, 9.17) is 9.15 Å². The number of methoxy groups -OCH3 is 2. The van der Waals surface area contributed by atoms with Crippen molar-refractivity contribution in [1.29, 1.82) is 0 Å². The van der Waals surface area contributed by atoms with Gasteiger partial charge in [0.05, 0.1) is 18.2 Å². The van der Waals surface area contributed by atoms with Gasteiger partial charge in [-0.3, -0.25) is 0 Å². The van der Waals surface area contributed by atoms with Gasteiger partial charge in [-0.05, 0) is 34.1 Å². The fourth-order valence-corrected chi connectivity index (χ4v) is 1.97. The maximum Gasteiger partial charge on any atom is 0.376 e. The predicted octanol–water partition coefficient (Wildman–Crippen LogP) is 3.18. The Morgan fingerprint density at radius 3 is 2.80 bits per heavy atom. The average Bonchev–Trinajstić information content (AvgIpc) is 2.85. The third kappa shape index (κ3) is 2.88. The second-order valence-corrected chi connectivity index (χ2v) is 4.70. The van der Waals surface area contributed by atoms with Gasteiger partial charge in [0.1, 0.15) is 11.5 Å². The lowest BCUT2D eigenvalue weighted by molar-refractivity contribution is 0.0559. The Morgan fingerprint density at radius 1 is 1.45 bits per heavy atom. The Labute approximate surface area is 122 Å². The number of carbonyl (C=O) groups excluding carboxylic acids is 1. The molecule has 1 heterocycles. The van der Waals surface area contributed by atoms with Crippen molar-refractivity contribution < 1.29 is 23.1 Å². The minimum Gasteiger partial charge on any atom is -0.463 e. The first-order valence-electron chi connectivity index (χ1n) is 5.59. The van der Waals surface area contributed by atoms with Crippen LogP contribution in [0.3, 0.4) is 0 Å². The summed E-state index contributed by atoms with van der Waals surface area (Å²) in [7, 11) is 2.72. The van der Waals surface area contributed by atoms with Gasteiger partial charge in [0.25, 0.3) is 0 Å². The number of oxazole rings is 1. The molecule has 20 heavy (non-hydrogen) atoms. The predicted molar refractivity (Wildman–Crippen MR) is 71.6 cm³/mol. The fourth-order valence-electron chi connectivity index (χ4n) is 1.59. The van der Waals surface area contributed by atoms with E-state index in [0.29, 0.717) is 11.3 Å². The molecule has 1 aromatic heterocycles. The number of carbonyl (C=O) groups is 1. The van der Waals surface area contributed by atoms with Gasteiger partial charge in [-0.25, -0.2) is 14.2 Å². The molecule has 0 fully saturated rings. The fraction of sp³-hybridized carbons (Fsp3) is 0.231. The highest BCUT2D eigenvalue weighted by Gasteiger charge is 2.21. The number of esters is 1. The van der Waals surface area contributed by atoms with Gasteiger partial charge >= 0.3 is 5.97 Å². The molecule has 0 radical (unpaired) electrons. The molecule has 0 N–H and O–H groups in total. The lowest BCUT2D eigenvalue weighted by Gasteiger charge is -1.98. The molecule has 2 rings (SSSR count). The van der Waals surface area contributed by atoms with E-state index in [1.165, 1.54) is 32.4 Å². The highest BCUT2D eigenvalue weighted by atomic mass is 79.9. The van der Waals surface area contributed by atoms with E-state index in [1.807, 2.05) is 0 Å². The first kappa shape index (κ1) is 14.7. The van der Waals surface area contributed by atoms with Crippen molar-refractivity contribution in [1.82, 2.24) is 4.98 Å². The smallest absolute Gasteiger partial charge is 0.376 e. The van der Waals surface area contributed by atoms with Crippen LogP contribution in [0.25, 0.3) is 11.5 Å². The monoisotopic (exact) mass is 343 g/mol. The first-order chi connectivity index (χ1) is 9.56. The van der Waals surface area contributed by atoms with Crippen LogP contribution in [0.5, 0.6) is 0 Å². The van der Waals surface area contributed by atoms with E-state index < -0.39 is 11.8 Å². The molecular formula is C13H11BrFNO4. The minimum absolute atomic E-state index is 0.0233. The number of rotatable bonds is 4. The van der Waals surface area contributed by atoms with Gasteiger partial charge in [0, 0.05) is 12.7 Å². The van der Waals surface area contributed by atoms with E-state index >= 15 is 0 Å². The van der Waals surface area contributed by atoms with Gasteiger partial charge in [-0.1, -0.05) is 0 Å². The molecule has 7 heteroatoms. The number of ether oxygens (including phenoxy) is 2. The molecule has 0 saturated heterocycles. The summed E-state index contributed by atoms with van der Waals surface area (Å²) >= 11 is 3.08. The van der Waals surface area contributed by atoms with Crippen LogP contribution in [0.15, 0.2) is 27.1 Å². The van der Waals surface area contributed by atoms with Crippen molar-refractivity contribution in [2.45, 2.75) is 6.61 Å². The molecule has 106 valence electrons. The molecule has 0 saturated carbocycles. The van der Waals surface area contributed by atoms with Crippen LogP contribution in [0.4, 0.5) is 4.39 Å². The highest BCUT2D eigenvalue weighted by Crippen LogP contribution is 2.27. The molecule has 0 aliphatic rings. The Hall–Kier alpha value is -1.73. The summed E-state index contributed by atoms with van der Waals surface area (Å²) < 4.78 is 28.5. The topological polar surface area (TPSA) is 61.6 Å². The summed E-state index contributed by atoms with van der Waals surface area (Å²) in [6.45, 7) is 0.107. The second kappa shape index (κ2) is 6.15. The molecule has 0 amide bonds. The van der Waals surface area contributed by atoms with E-state index in [9.17, 15) is 9.18 Å². The van der Waals surface area contributed by atoms with E-state index in [-0.39, 0.29) is 22.7 Å². The maximum atomic E-state index is 13.2. The van der Waals surface area contributed by atoms with Crippen molar-refractivity contribution in [3.63, 3.8) is 0 Å². The second-order valence-electron chi connectivity index (χ2n) is 3.85. The third-order valence-corrected chi connectivity index (χ3v) is 3.12. The van der Waals surface area contributed by atoms with Crippen molar-refractivity contribution in [2.75, 3.05) is 14.2 Å². The number of halogens is 2. The quantitative estimate of drug-likeness (QED) is 0.798. The molecule has 1 aromatic carbocycles. The van der Waals surface area contributed by atoms with Crippen molar-refractivity contribution >= 4 is 21.9 Å². The van der Waals surface area contributed by atoms with E-state index in [1.54, 1.807) is 0 Å². The Balaban J connectivity index is 2.46. The molecular weight excluding hydrogens is 333 g/mol. The van der Waals surface area contributed by atoms with Crippen molar-refractivity contribution in [3.8, 4) is 11.5 Å². The van der Waals surface area contributed by atoms with Crippen molar-refractivity contribution in [3.05, 3.63) is 39.9 Å². The summed E-state index contributed by atoms with van der Waals surface area (Å²) in [6.07, 6.45) is 0. The van der Waals surface area contributed by atoms with Gasteiger partial charge in [0.2, 0.25) is 11.7 Å². The number of hydrogen-bond donors (Lipinski definition) is 0. The van der Waals surface area contributed by atoms with Crippen LogP contribution in [0.1, 0.15) is 16.2 Å². The standard InChI is InChI=1S/C13H11BrFNO4/c1-18-6-10-11(13(17)19-2)20-12(16-10)7-3-4-9(15)8(14)5-7/h3-5H,6H2,1-2H3.